The maximum Gasteiger partial charge on any atom is 0 e. The molecule has 110 valence electrons. The third-order valence-corrected chi connectivity index (χ3v) is 2.02. The number of rotatable bonds is 5. The third kappa shape index (κ3) is 65.7. The van der Waals surface area contributed by atoms with Gasteiger partial charge in [0, 0.05) is 2.85 Å². The Bertz CT molecular complexity index is 60.1. The SMILES string of the molecule is C.C.CC.CCC(C)C.CCCCCCC.[HH].[HH]. The van der Waals surface area contributed by atoms with E-state index in [0.29, 0.717) is 0 Å². The Hall–Kier alpha value is 0. The molecule has 0 aliphatic carbocycles. The highest BCUT2D eigenvalue weighted by atomic mass is 13.9. The van der Waals surface area contributed by atoms with Crippen molar-refractivity contribution in [1.82, 2.24) is 0 Å². The van der Waals surface area contributed by atoms with E-state index < -0.39 is 0 Å². The lowest BCUT2D eigenvalue weighted by Gasteiger charge is -1.90. The van der Waals surface area contributed by atoms with E-state index >= 15 is 0 Å². The summed E-state index contributed by atoms with van der Waals surface area (Å²) in [5.41, 5.74) is 0. The molecule has 0 aliphatic rings. The van der Waals surface area contributed by atoms with E-state index in [1.165, 1.54) is 38.5 Å². The van der Waals surface area contributed by atoms with Crippen molar-refractivity contribution in [3.8, 4) is 0 Å². The average Bonchev–Trinajstić information content (AvgIpc) is 2.22. The second-order valence-corrected chi connectivity index (χ2v) is 3.86. The van der Waals surface area contributed by atoms with Gasteiger partial charge in [0.2, 0.25) is 0 Å². The fourth-order valence-corrected chi connectivity index (χ4v) is 0.677. The van der Waals surface area contributed by atoms with Crippen LogP contribution in [0.1, 0.15) is 105 Å². The number of unbranched alkanes of at least 4 members (excludes halogenated alkanes) is 4. The minimum absolute atomic E-state index is 0. The molecule has 0 aromatic carbocycles. The van der Waals surface area contributed by atoms with Crippen molar-refractivity contribution in [2.75, 3.05) is 0 Å². The predicted octanol–water partition coefficient (Wildman–Crippen LogP) is 7.82. The summed E-state index contributed by atoms with van der Waals surface area (Å²) in [6.07, 6.45) is 8.31. The highest BCUT2D eigenvalue weighted by molar-refractivity contribution is 4.36. The first-order valence-corrected chi connectivity index (χ1v) is 6.68. The maximum atomic E-state index is 2.25. The van der Waals surface area contributed by atoms with Crippen LogP contribution in [0.15, 0.2) is 0 Å². The molecule has 0 aromatic heterocycles. The molecule has 0 radical (unpaired) electrons. The molecule has 0 aromatic rings. The molecule has 0 amide bonds. The van der Waals surface area contributed by atoms with Gasteiger partial charge in [0.25, 0.3) is 0 Å². The highest BCUT2D eigenvalue weighted by Gasteiger charge is 1.80. The van der Waals surface area contributed by atoms with Crippen molar-refractivity contribution in [2.24, 2.45) is 5.92 Å². The second kappa shape index (κ2) is 36.3. The van der Waals surface area contributed by atoms with Crippen molar-refractivity contribution in [2.45, 2.75) is 102 Å². The minimum atomic E-state index is 0. The van der Waals surface area contributed by atoms with Crippen LogP contribution in [0.5, 0.6) is 0 Å². The number of hydrogen-bond acceptors (Lipinski definition) is 0. The number of hydrogen-bond donors (Lipinski definition) is 0. The molecule has 16 heavy (non-hydrogen) atoms. The van der Waals surface area contributed by atoms with Gasteiger partial charge in [0.05, 0.1) is 0 Å². The molecular weight excluding hydrogens is 192 g/mol. The van der Waals surface area contributed by atoms with Crippen molar-refractivity contribution in [3.05, 3.63) is 0 Å². The molecule has 0 rings (SSSR count). The van der Waals surface area contributed by atoms with E-state index in [-0.39, 0.29) is 17.7 Å². The van der Waals surface area contributed by atoms with Crippen LogP contribution in [-0.4, -0.2) is 0 Å². The largest absolute Gasteiger partial charge is 0.0776 e. The first-order chi connectivity index (χ1) is 6.68. The molecule has 0 saturated heterocycles. The maximum absolute atomic E-state index is 2.25. The molecule has 0 unspecified atom stereocenters. The summed E-state index contributed by atoms with van der Waals surface area (Å²) in [7, 11) is 0. The fourth-order valence-electron chi connectivity index (χ4n) is 0.677. The van der Waals surface area contributed by atoms with Gasteiger partial charge in [-0.1, -0.05) is 102 Å². The zero-order valence-electron chi connectivity index (χ0n) is 11.8. The Kier molecular flexibility index (Phi) is 67.5. The summed E-state index contributed by atoms with van der Waals surface area (Å²) in [5.74, 6) is 0.884. The molecule has 0 atom stereocenters. The first-order valence-electron chi connectivity index (χ1n) is 6.68. The van der Waals surface area contributed by atoms with Gasteiger partial charge in [-0.2, -0.15) is 0 Å². The van der Waals surface area contributed by atoms with Gasteiger partial charge in [-0.25, -0.2) is 0 Å². The van der Waals surface area contributed by atoms with Gasteiger partial charge >= 0.3 is 0 Å². The molecule has 0 fully saturated rings. The zero-order chi connectivity index (χ0) is 11.8. The minimum Gasteiger partial charge on any atom is -0.0776 e. The lowest BCUT2D eigenvalue weighted by atomic mass is 10.2. The summed E-state index contributed by atoms with van der Waals surface area (Å²) in [4.78, 5) is 0. The van der Waals surface area contributed by atoms with Crippen LogP contribution in [0.4, 0.5) is 0 Å². The van der Waals surface area contributed by atoms with Crippen LogP contribution in [0.25, 0.3) is 0 Å². The van der Waals surface area contributed by atoms with Crippen LogP contribution >= 0.6 is 0 Å². The molecule has 0 saturated carbocycles. The van der Waals surface area contributed by atoms with E-state index in [1.807, 2.05) is 13.8 Å². The van der Waals surface area contributed by atoms with Crippen LogP contribution < -0.4 is 0 Å². The smallest absolute Gasteiger partial charge is 0 e. The van der Waals surface area contributed by atoms with E-state index in [2.05, 4.69) is 34.6 Å². The Labute approximate surface area is 111 Å². The summed E-state index contributed by atoms with van der Waals surface area (Å²) in [6.45, 7) is 15.1. The topological polar surface area (TPSA) is 0 Å². The van der Waals surface area contributed by atoms with Gasteiger partial charge in [-0.15, -0.1) is 0 Å². The predicted molar refractivity (Wildman–Crippen MR) is 88.6 cm³/mol. The molecule has 0 spiro atoms. The zero-order valence-corrected chi connectivity index (χ0v) is 11.8. The fraction of sp³-hybridized carbons (Fsp3) is 1.00. The molecule has 0 nitrogen and oxygen atoms in total. The monoisotopic (exact) mass is 238 g/mol. The van der Waals surface area contributed by atoms with Crippen molar-refractivity contribution in [3.63, 3.8) is 0 Å². The summed E-state index contributed by atoms with van der Waals surface area (Å²) < 4.78 is 0. The van der Waals surface area contributed by atoms with Crippen LogP contribution in [0.2, 0.25) is 0 Å². The van der Waals surface area contributed by atoms with Gasteiger partial charge < -0.3 is 0 Å². The Morgan fingerprint density at radius 3 is 1.12 bits per heavy atom. The highest BCUT2D eigenvalue weighted by Crippen LogP contribution is 2.00. The molecule has 0 aliphatic heterocycles. The first kappa shape index (κ1) is 29.8. The second-order valence-electron chi connectivity index (χ2n) is 3.86. The third-order valence-electron chi connectivity index (χ3n) is 2.02. The normalized spacial score (nSPS) is 7.50. The van der Waals surface area contributed by atoms with Gasteiger partial charge in [0.15, 0.2) is 0 Å². The lowest BCUT2D eigenvalue weighted by Crippen LogP contribution is -1.77. The Balaban J connectivity index is -0.0000000201. The molecule has 0 heterocycles. The van der Waals surface area contributed by atoms with Crippen molar-refractivity contribution in [1.29, 1.82) is 0 Å². The lowest BCUT2D eigenvalue weighted by molar-refractivity contribution is 0.626. The van der Waals surface area contributed by atoms with E-state index in [1.54, 1.807) is 0 Å². The molecule has 0 heteroatoms. The molecule has 0 bridgehead atoms. The summed E-state index contributed by atoms with van der Waals surface area (Å²) in [6, 6.07) is 0. The summed E-state index contributed by atoms with van der Waals surface area (Å²) in [5, 5.41) is 0. The summed E-state index contributed by atoms with van der Waals surface area (Å²) >= 11 is 0. The van der Waals surface area contributed by atoms with Crippen LogP contribution in [0, 0.1) is 5.92 Å². The van der Waals surface area contributed by atoms with Gasteiger partial charge in [-0.3, -0.25) is 0 Å². The van der Waals surface area contributed by atoms with Crippen molar-refractivity contribution < 1.29 is 2.85 Å². The van der Waals surface area contributed by atoms with Crippen LogP contribution in [0.3, 0.4) is 0 Å². The average molecular weight is 239 g/mol. The van der Waals surface area contributed by atoms with E-state index in [9.17, 15) is 0 Å². The van der Waals surface area contributed by atoms with E-state index in [0.717, 1.165) is 5.92 Å². The molecular formula is C16H46. The quantitative estimate of drug-likeness (QED) is 0.428. The van der Waals surface area contributed by atoms with Gasteiger partial charge in [-0.05, 0) is 5.92 Å². The Morgan fingerprint density at radius 2 is 1.00 bits per heavy atom. The standard InChI is InChI=1S/C7H16.C5H12.C2H6.2CH4.2H2/c1-3-5-7-6-4-2;1-4-5(2)3;1-2;;;;/h3-7H2,1-2H3;5H,4H2,1-3H3;1-2H3;2*1H4;2*1H. The van der Waals surface area contributed by atoms with Crippen LogP contribution in [-0.2, 0) is 0 Å². The Morgan fingerprint density at radius 1 is 0.750 bits per heavy atom. The van der Waals surface area contributed by atoms with E-state index in [4.69, 9.17) is 0 Å². The molecule has 0 N–H and O–H groups in total. The van der Waals surface area contributed by atoms with Gasteiger partial charge in [0.1, 0.15) is 0 Å². The van der Waals surface area contributed by atoms with Crippen molar-refractivity contribution >= 4 is 0 Å².